The van der Waals surface area contributed by atoms with Gasteiger partial charge in [-0.15, -0.1) is 11.6 Å². The maximum atomic E-state index is 7.12. The van der Waals surface area contributed by atoms with Crippen molar-refractivity contribution in [2.45, 2.75) is 10.4 Å². The summed E-state index contributed by atoms with van der Waals surface area (Å²) >= 11 is 11.5. The fraction of sp³-hybridized carbons (Fsp3) is 0.0455. The molecule has 0 bridgehead atoms. The highest BCUT2D eigenvalue weighted by Gasteiger charge is 2.38. The van der Waals surface area contributed by atoms with E-state index in [0.29, 0.717) is 0 Å². The van der Waals surface area contributed by atoms with Crippen LogP contribution < -0.4 is 0 Å². The summed E-state index contributed by atoms with van der Waals surface area (Å²) in [6, 6.07) is 62.5. The number of benzene rings is 6. The minimum atomic E-state index is -0.649. The van der Waals surface area contributed by atoms with Gasteiger partial charge in [0.15, 0.2) is 0 Å². The lowest BCUT2D eigenvalue weighted by Gasteiger charge is -2.37. The molecule has 8 aromatic rings. The first-order valence-corrected chi connectivity index (χ1v) is 18.9. The van der Waals surface area contributed by atoms with Crippen molar-refractivity contribution in [1.82, 2.24) is 19.5 Å². The predicted molar refractivity (Wildman–Crippen MR) is 226 cm³/mol. The molecule has 0 saturated carbocycles. The van der Waals surface area contributed by atoms with Crippen molar-refractivity contribution in [3.05, 3.63) is 248 Å². The molecule has 1 N–H and O–H groups in total. The van der Waals surface area contributed by atoms with Crippen LogP contribution in [0.1, 0.15) is 33.4 Å². The summed E-state index contributed by atoms with van der Waals surface area (Å²) in [6.07, 6.45) is 7.45. The molecule has 0 unspecified atom stereocenters. The van der Waals surface area contributed by atoms with Gasteiger partial charge in [-0.05, 0) is 78.6 Å². The van der Waals surface area contributed by atoms with E-state index in [1.165, 1.54) is 16.7 Å². The first-order chi connectivity index (χ1) is 25.0. The molecule has 0 aliphatic carbocycles. The number of H-pyrrole nitrogens is 1. The molecule has 252 valence electrons. The lowest BCUT2D eigenvalue weighted by Crippen LogP contribution is -2.36. The maximum absolute atomic E-state index is 7.12. The predicted octanol–water partition coefficient (Wildman–Crippen LogP) is 11.6. The van der Waals surface area contributed by atoms with E-state index in [0.717, 1.165) is 24.1 Å². The number of hydrogen-bond donors (Lipinski definition) is 1. The number of hydrogen-bond acceptors (Lipinski definition) is 2. The average molecular weight is 909 g/mol. The van der Waals surface area contributed by atoms with Gasteiger partial charge in [0, 0.05) is 6.20 Å². The normalized spacial score (nSPS) is 11.0. The number of rotatable bonds is 7. The van der Waals surface area contributed by atoms with Crippen molar-refractivity contribution in [2.75, 3.05) is 0 Å². The van der Waals surface area contributed by atoms with Gasteiger partial charge in [0.25, 0.3) is 0 Å². The third kappa shape index (κ3) is 8.35. The van der Waals surface area contributed by atoms with Crippen LogP contribution in [0.3, 0.4) is 0 Å². The lowest BCUT2D eigenvalue weighted by molar-refractivity contribution is 0.514. The highest BCUT2D eigenvalue weighted by atomic mass is 127. The van der Waals surface area contributed by atoms with Crippen LogP contribution in [0.15, 0.2) is 207 Å². The molecule has 2 heterocycles. The van der Waals surface area contributed by atoms with E-state index >= 15 is 0 Å². The maximum Gasteiger partial charge on any atom is 0.121 e. The van der Waals surface area contributed by atoms with Gasteiger partial charge in [0.1, 0.15) is 14.1 Å². The molecule has 6 aromatic carbocycles. The van der Waals surface area contributed by atoms with Crippen LogP contribution in [-0.4, -0.2) is 19.5 Å². The zero-order valence-electron chi connectivity index (χ0n) is 27.6. The summed E-state index contributed by atoms with van der Waals surface area (Å²) < 4.78 is 4.27. The van der Waals surface area contributed by atoms with E-state index in [-0.39, 0.29) is 0 Å². The lowest BCUT2D eigenvalue weighted by atomic mass is 9.77. The molecule has 0 aliphatic rings. The van der Waals surface area contributed by atoms with Crippen molar-refractivity contribution in [1.29, 1.82) is 0 Å². The van der Waals surface area contributed by atoms with Gasteiger partial charge in [0.05, 0.1) is 22.6 Å². The molecular weight excluding hydrogens is 874 g/mol. The summed E-state index contributed by atoms with van der Waals surface area (Å²) in [6.45, 7) is 0. The monoisotopic (exact) mass is 908 g/mol. The minimum absolute atomic E-state index is 0.458. The number of nitrogens with one attached hydrogen (secondary N) is 1. The molecule has 0 spiro atoms. The Balaban J connectivity index is 0.000000154. The number of nitrogens with zero attached hydrogens (tertiary/aromatic N) is 3. The van der Waals surface area contributed by atoms with Crippen molar-refractivity contribution in [3.8, 4) is 0 Å². The number of aromatic amines is 1. The number of halogens is 3. The second-order valence-electron chi connectivity index (χ2n) is 11.6. The van der Waals surface area contributed by atoms with Crippen LogP contribution in [0, 0.1) is 7.40 Å². The van der Waals surface area contributed by atoms with Gasteiger partial charge in [-0.1, -0.05) is 182 Å². The Kier molecular flexibility index (Phi) is 12.5. The summed E-state index contributed by atoms with van der Waals surface area (Å²) in [5.41, 5.74) is 6.42. The smallest absolute Gasteiger partial charge is 0.121 e. The van der Waals surface area contributed by atoms with Gasteiger partial charge in [0.2, 0.25) is 0 Å². The van der Waals surface area contributed by atoms with Gasteiger partial charge in [-0.25, -0.2) is 9.97 Å². The van der Waals surface area contributed by atoms with E-state index in [9.17, 15) is 0 Å². The van der Waals surface area contributed by atoms with E-state index in [1.54, 1.807) is 12.5 Å². The molecule has 0 aliphatic heterocycles. The van der Waals surface area contributed by atoms with E-state index in [2.05, 4.69) is 198 Å². The summed E-state index contributed by atoms with van der Waals surface area (Å²) in [5, 5.41) is 0. The fourth-order valence-electron chi connectivity index (χ4n) is 6.21. The zero-order valence-corrected chi connectivity index (χ0v) is 32.7. The Morgan fingerprint density at radius 1 is 0.490 bits per heavy atom. The molecule has 0 atom stereocenters. The molecular formula is C44H35ClI2N4. The van der Waals surface area contributed by atoms with Gasteiger partial charge < -0.3 is 9.55 Å². The molecule has 0 amide bonds. The number of alkyl halides is 1. The Bertz CT molecular complexity index is 1970. The third-order valence-corrected chi connectivity index (χ3v) is 10.3. The SMILES string of the molecule is ClC(c1ccccc1)(c1ccccc1)c1ccccc1.Ic1cn(C(c2ccccc2)(c2ccccc2)c2ccccc2)cn1.Ic1cnc[nH]1. The molecule has 4 nitrogen and oxygen atoms in total. The van der Waals surface area contributed by atoms with E-state index in [4.69, 9.17) is 11.6 Å². The molecule has 8 rings (SSSR count). The van der Waals surface area contributed by atoms with Crippen molar-refractivity contribution in [2.24, 2.45) is 0 Å². The second-order valence-corrected chi connectivity index (χ2v) is 14.4. The molecule has 7 heteroatoms. The number of aromatic nitrogens is 4. The van der Waals surface area contributed by atoms with Crippen LogP contribution in [0.25, 0.3) is 0 Å². The van der Waals surface area contributed by atoms with E-state index in [1.807, 2.05) is 60.9 Å². The Hall–Kier alpha value is -4.51. The van der Waals surface area contributed by atoms with Gasteiger partial charge in [-0.2, -0.15) is 0 Å². The highest BCUT2D eigenvalue weighted by Crippen LogP contribution is 2.43. The highest BCUT2D eigenvalue weighted by molar-refractivity contribution is 14.1. The van der Waals surface area contributed by atoms with Gasteiger partial charge in [-0.3, -0.25) is 0 Å². The summed E-state index contributed by atoms with van der Waals surface area (Å²) in [7, 11) is 0. The zero-order chi connectivity index (χ0) is 35.4. The molecule has 0 fully saturated rings. The Morgan fingerprint density at radius 2 is 0.824 bits per heavy atom. The van der Waals surface area contributed by atoms with Crippen LogP contribution in [-0.2, 0) is 10.4 Å². The molecule has 0 saturated heterocycles. The van der Waals surface area contributed by atoms with Gasteiger partial charge >= 0.3 is 0 Å². The molecule has 51 heavy (non-hydrogen) atoms. The topological polar surface area (TPSA) is 46.5 Å². The minimum Gasteiger partial charge on any atom is -0.340 e. The van der Waals surface area contributed by atoms with Crippen molar-refractivity contribution in [3.63, 3.8) is 0 Å². The quantitative estimate of drug-likeness (QED) is 0.0984. The second kappa shape index (κ2) is 17.6. The van der Waals surface area contributed by atoms with Crippen LogP contribution in [0.5, 0.6) is 0 Å². The van der Waals surface area contributed by atoms with Crippen LogP contribution in [0.2, 0.25) is 0 Å². The van der Waals surface area contributed by atoms with Crippen LogP contribution in [0.4, 0.5) is 0 Å². The van der Waals surface area contributed by atoms with Crippen molar-refractivity contribution < 1.29 is 0 Å². The Morgan fingerprint density at radius 3 is 1.06 bits per heavy atom. The average Bonchev–Trinajstić information content (AvgIpc) is 3.88. The fourth-order valence-corrected chi connectivity index (χ4v) is 7.31. The van der Waals surface area contributed by atoms with Crippen molar-refractivity contribution >= 4 is 56.8 Å². The third-order valence-electron chi connectivity index (χ3n) is 8.49. The summed E-state index contributed by atoms with van der Waals surface area (Å²) in [5.74, 6) is 0. The molecule has 0 radical (unpaired) electrons. The number of imidazole rings is 2. The standard InChI is InChI=1S/C22H17IN2.C19H15Cl.C3H3IN2/c23-21-16-25(17-24-21)22(18-10-4-1-5-11-18,19-12-6-2-7-13-19)20-14-8-3-9-15-20;20-19(16-10-4-1-5-11-16,17-12-6-2-7-13-17)18-14-8-3-9-15-18;4-3-1-5-2-6-3/h1-17H;1-15H;1-2H,(H,5,6). The van der Waals surface area contributed by atoms with E-state index < -0.39 is 10.4 Å². The largest absolute Gasteiger partial charge is 0.340 e. The molecule has 2 aromatic heterocycles. The Labute approximate surface area is 331 Å². The first-order valence-electron chi connectivity index (χ1n) is 16.4. The first kappa shape index (κ1) is 36.3. The summed E-state index contributed by atoms with van der Waals surface area (Å²) in [4.78, 5) is 10.5. The van der Waals surface area contributed by atoms with Crippen LogP contribution >= 0.6 is 56.8 Å².